The number of para-hydroxylation sites is 2. The second kappa shape index (κ2) is 4.28. The fourth-order valence-electron chi connectivity index (χ4n) is 2.39. The molecule has 2 heterocycles. The van der Waals surface area contributed by atoms with Crippen molar-refractivity contribution in [1.82, 2.24) is 4.90 Å². The highest BCUT2D eigenvalue weighted by Crippen LogP contribution is 2.28. The average molecular weight is 232 g/mol. The zero-order valence-electron chi connectivity index (χ0n) is 9.69. The van der Waals surface area contributed by atoms with E-state index >= 15 is 0 Å². The summed E-state index contributed by atoms with van der Waals surface area (Å²) in [5, 5.41) is 3.24. The van der Waals surface area contributed by atoms with Crippen LogP contribution >= 0.6 is 0 Å². The average Bonchev–Trinajstić information content (AvgIpc) is 2.91. The summed E-state index contributed by atoms with van der Waals surface area (Å²) in [6.07, 6.45) is 1.85. The number of fused-ring (bicyclic) bond motifs is 1. The number of ether oxygens (including phenoxy) is 1. The van der Waals surface area contributed by atoms with Crippen molar-refractivity contribution in [3.8, 4) is 5.75 Å². The highest BCUT2D eigenvalue weighted by Gasteiger charge is 2.30. The predicted molar refractivity (Wildman–Crippen MR) is 65.2 cm³/mol. The molecule has 1 atom stereocenters. The van der Waals surface area contributed by atoms with Crippen molar-refractivity contribution in [1.29, 1.82) is 0 Å². The largest absolute Gasteiger partial charge is 0.477 e. The van der Waals surface area contributed by atoms with Crippen LogP contribution in [0, 0.1) is 0 Å². The lowest BCUT2D eigenvalue weighted by atomic mass is 10.2. The molecule has 17 heavy (non-hydrogen) atoms. The van der Waals surface area contributed by atoms with E-state index in [0.29, 0.717) is 6.54 Å². The Kier molecular flexibility index (Phi) is 2.63. The molecule has 1 saturated heterocycles. The second-order valence-electron chi connectivity index (χ2n) is 4.52. The number of benzene rings is 1. The van der Waals surface area contributed by atoms with Crippen LogP contribution in [0.5, 0.6) is 5.75 Å². The van der Waals surface area contributed by atoms with Gasteiger partial charge in [0.1, 0.15) is 5.75 Å². The van der Waals surface area contributed by atoms with Crippen LogP contribution in [-0.2, 0) is 4.79 Å². The first-order chi connectivity index (χ1) is 8.34. The Morgan fingerprint density at radius 3 is 2.88 bits per heavy atom. The van der Waals surface area contributed by atoms with Gasteiger partial charge in [-0.2, -0.15) is 0 Å². The number of nitrogens with zero attached hydrogens (tertiary/aromatic N) is 1. The molecule has 90 valence electrons. The first-order valence-corrected chi connectivity index (χ1v) is 6.13. The predicted octanol–water partition coefficient (Wildman–Crippen LogP) is 1.48. The fourth-order valence-corrected chi connectivity index (χ4v) is 2.39. The molecule has 0 aromatic heterocycles. The standard InChI is InChI=1S/C13H16N2O2/c16-13(15-7-3-4-8-15)12-9-14-10-5-1-2-6-11(10)17-12/h1-2,5-6,12,14H,3-4,7-9H2. The number of carbonyl (C=O) groups excluding carboxylic acids is 1. The maximum absolute atomic E-state index is 12.2. The Labute approximate surface area is 101 Å². The van der Waals surface area contributed by atoms with E-state index < -0.39 is 0 Å². The summed E-state index contributed by atoms with van der Waals surface area (Å²) in [5.41, 5.74) is 0.970. The van der Waals surface area contributed by atoms with Crippen LogP contribution in [0.15, 0.2) is 24.3 Å². The van der Waals surface area contributed by atoms with Crippen molar-refractivity contribution in [3.05, 3.63) is 24.3 Å². The summed E-state index contributed by atoms with van der Waals surface area (Å²) >= 11 is 0. The molecule has 0 bridgehead atoms. The molecule has 1 fully saturated rings. The first-order valence-electron chi connectivity index (χ1n) is 6.13. The van der Waals surface area contributed by atoms with Gasteiger partial charge in [0.05, 0.1) is 12.2 Å². The first kappa shape index (κ1) is 10.4. The molecule has 0 spiro atoms. The van der Waals surface area contributed by atoms with Gasteiger partial charge < -0.3 is 15.0 Å². The number of amides is 1. The summed E-state index contributed by atoms with van der Waals surface area (Å²) in [6, 6.07) is 7.73. The number of nitrogens with one attached hydrogen (secondary N) is 1. The third-order valence-corrected chi connectivity index (χ3v) is 3.33. The number of hydrogen-bond donors (Lipinski definition) is 1. The van der Waals surface area contributed by atoms with Gasteiger partial charge in [0.2, 0.25) is 0 Å². The Balaban J connectivity index is 1.73. The van der Waals surface area contributed by atoms with Gasteiger partial charge >= 0.3 is 0 Å². The van der Waals surface area contributed by atoms with Crippen molar-refractivity contribution in [2.24, 2.45) is 0 Å². The smallest absolute Gasteiger partial charge is 0.265 e. The molecule has 0 radical (unpaired) electrons. The lowest BCUT2D eigenvalue weighted by molar-refractivity contribution is -0.137. The summed E-state index contributed by atoms with van der Waals surface area (Å²) in [4.78, 5) is 14.1. The molecule has 1 aromatic rings. The third-order valence-electron chi connectivity index (χ3n) is 3.33. The molecule has 4 nitrogen and oxygen atoms in total. The van der Waals surface area contributed by atoms with Crippen molar-refractivity contribution < 1.29 is 9.53 Å². The minimum Gasteiger partial charge on any atom is -0.477 e. The zero-order valence-corrected chi connectivity index (χ0v) is 9.69. The molecule has 1 aromatic carbocycles. The summed E-state index contributed by atoms with van der Waals surface area (Å²) < 4.78 is 5.75. The minimum absolute atomic E-state index is 0.115. The van der Waals surface area contributed by atoms with Gasteiger partial charge in [-0.05, 0) is 25.0 Å². The van der Waals surface area contributed by atoms with E-state index in [4.69, 9.17) is 4.74 Å². The number of carbonyl (C=O) groups is 1. The molecular weight excluding hydrogens is 216 g/mol. The van der Waals surface area contributed by atoms with E-state index in [1.54, 1.807) is 0 Å². The van der Waals surface area contributed by atoms with Crippen LogP contribution in [0.2, 0.25) is 0 Å². The molecule has 0 aliphatic carbocycles. The SMILES string of the molecule is O=C(C1CNc2ccccc2O1)N1CCCC1. The van der Waals surface area contributed by atoms with Crippen LogP contribution in [0.25, 0.3) is 0 Å². The van der Waals surface area contributed by atoms with Crippen LogP contribution in [-0.4, -0.2) is 36.5 Å². The molecule has 2 aliphatic heterocycles. The maximum Gasteiger partial charge on any atom is 0.265 e. The monoisotopic (exact) mass is 232 g/mol. The molecule has 1 N–H and O–H groups in total. The number of anilines is 1. The Morgan fingerprint density at radius 2 is 2.06 bits per heavy atom. The zero-order chi connectivity index (χ0) is 11.7. The number of rotatable bonds is 1. The highest BCUT2D eigenvalue weighted by atomic mass is 16.5. The molecule has 0 saturated carbocycles. The number of likely N-dealkylation sites (tertiary alicyclic amines) is 1. The summed E-state index contributed by atoms with van der Waals surface area (Å²) in [6.45, 7) is 2.31. The van der Waals surface area contributed by atoms with Crippen molar-refractivity contribution in [2.75, 3.05) is 25.0 Å². The van der Waals surface area contributed by atoms with Crippen molar-refractivity contribution in [3.63, 3.8) is 0 Å². The fraction of sp³-hybridized carbons (Fsp3) is 0.462. The topological polar surface area (TPSA) is 41.6 Å². The molecule has 4 heteroatoms. The van der Waals surface area contributed by atoms with E-state index in [2.05, 4.69) is 5.32 Å². The van der Waals surface area contributed by atoms with Gasteiger partial charge in [-0.25, -0.2) is 0 Å². The maximum atomic E-state index is 12.2. The van der Waals surface area contributed by atoms with E-state index in [9.17, 15) is 4.79 Å². The van der Waals surface area contributed by atoms with Gasteiger partial charge in [-0.3, -0.25) is 4.79 Å². The quantitative estimate of drug-likeness (QED) is 0.797. The van der Waals surface area contributed by atoms with Gasteiger partial charge in [0, 0.05) is 13.1 Å². The van der Waals surface area contributed by atoms with Gasteiger partial charge in [-0.1, -0.05) is 12.1 Å². The van der Waals surface area contributed by atoms with Gasteiger partial charge in [0.15, 0.2) is 6.10 Å². The van der Waals surface area contributed by atoms with Crippen LogP contribution in [0.4, 0.5) is 5.69 Å². The van der Waals surface area contributed by atoms with Gasteiger partial charge in [0.25, 0.3) is 5.91 Å². The molecule has 2 aliphatic rings. The summed E-state index contributed by atoms with van der Waals surface area (Å²) in [7, 11) is 0. The second-order valence-corrected chi connectivity index (χ2v) is 4.52. The molecular formula is C13H16N2O2. The Morgan fingerprint density at radius 1 is 1.29 bits per heavy atom. The molecule has 3 rings (SSSR count). The van der Waals surface area contributed by atoms with Crippen molar-refractivity contribution in [2.45, 2.75) is 18.9 Å². The van der Waals surface area contributed by atoms with E-state index in [-0.39, 0.29) is 12.0 Å². The minimum atomic E-state index is -0.372. The van der Waals surface area contributed by atoms with E-state index in [1.807, 2.05) is 29.2 Å². The van der Waals surface area contributed by atoms with Crippen LogP contribution < -0.4 is 10.1 Å². The van der Waals surface area contributed by atoms with E-state index in [0.717, 1.165) is 37.4 Å². The lowest BCUT2D eigenvalue weighted by Gasteiger charge is -2.29. The highest BCUT2D eigenvalue weighted by molar-refractivity contribution is 5.83. The third kappa shape index (κ3) is 1.95. The van der Waals surface area contributed by atoms with Crippen LogP contribution in [0.1, 0.15) is 12.8 Å². The Bertz CT molecular complexity index is 427. The number of hydrogen-bond acceptors (Lipinski definition) is 3. The normalized spacial score (nSPS) is 22.6. The summed E-state index contributed by atoms with van der Waals surface area (Å²) in [5.74, 6) is 0.890. The van der Waals surface area contributed by atoms with Crippen molar-refractivity contribution >= 4 is 11.6 Å². The lowest BCUT2D eigenvalue weighted by Crippen LogP contribution is -2.45. The molecule has 1 amide bonds. The van der Waals surface area contributed by atoms with E-state index in [1.165, 1.54) is 0 Å². The van der Waals surface area contributed by atoms with Gasteiger partial charge in [-0.15, -0.1) is 0 Å². The van der Waals surface area contributed by atoms with Crippen LogP contribution in [0.3, 0.4) is 0 Å². The Hall–Kier alpha value is -1.71. The molecule has 1 unspecified atom stereocenters.